The number of hydrogen-bond donors (Lipinski definition) is 1. The molecule has 54 valence electrons. The summed E-state index contributed by atoms with van der Waals surface area (Å²) in [7, 11) is 1.73. The van der Waals surface area contributed by atoms with Crippen LogP contribution in [-0.4, -0.2) is 5.75 Å². The van der Waals surface area contributed by atoms with E-state index >= 15 is 0 Å². The largest absolute Gasteiger partial charge is 0.112 e. The van der Waals surface area contributed by atoms with Crippen LogP contribution in [0.4, 0.5) is 0 Å². The molecule has 1 rings (SSSR count). The standard InChI is InChI=1S/C2H6P2S5/c1-2-6-3-7-4(8-3)9-5/h5H,2H2,1H3. The van der Waals surface area contributed by atoms with Crippen LogP contribution in [-0.2, 0) is 0 Å². The maximum absolute atomic E-state index is 4.16. The average molecular weight is 252 g/mol. The first-order chi connectivity index (χ1) is 4.36. The molecule has 1 fully saturated rings. The summed E-state index contributed by atoms with van der Waals surface area (Å²) in [5, 5.41) is 0. The molecule has 0 saturated carbocycles. The van der Waals surface area contributed by atoms with E-state index in [4.69, 9.17) is 0 Å². The molecule has 1 saturated heterocycles. The Morgan fingerprint density at radius 2 is 2.11 bits per heavy atom. The second kappa shape index (κ2) is 5.29. The van der Waals surface area contributed by atoms with Crippen molar-refractivity contribution in [3.05, 3.63) is 0 Å². The Labute approximate surface area is 78.6 Å². The highest BCUT2D eigenvalue weighted by atomic mass is 33.9. The Morgan fingerprint density at radius 3 is 2.56 bits per heavy atom. The minimum atomic E-state index is 0.176. The van der Waals surface area contributed by atoms with E-state index in [1.165, 1.54) is 5.75 Å². The molecule has 0 aromatic carbocycles. The van der Waals surface area contributed by atoms with E-state index in [9.17, 15) is 0 Å². The van der Waals surface area contributed by atoms with Crippen molar-refractivity contribution in [2.75, 3.05) is 5.75 Å². The third-order valence-electron chi connectivity index (χ3n) is 0.568. The summed E-state index contributed by atoms with van der Waals surface area (Å²) in [5.74, 6) is 1.27. The van der Waals surface area contributed by atoms with E-state index in [2.05, 4.69) is 52.0 Å². The second-order valence-electron chi connectivity index (χ2n) is 1.11. The lowest BCUT2D eigenvalue weighted by molar-refractivity contribution is 1.54. The Bertz CT molecular complexity index is 83.0. The predicted octanol–water partition coefficient (Wildman–Crippen LogP) is 5.25. The van der Waals surface area contributed by atoms with Gasteiger partial charge in [-0.2, -0.15) is 0 Å². The average Bonchev–Trinajstić information content (AvgIpc) is 1.77. The van der Waals surface area contributed by atoms with Crippen LogP contribution in [0.5, 0.6) is 0 Å². The normalized spacial score (nSPS) is 34.0. The Hall–Kier alpha value is 2.61. The van der Waals surface area contributed by atoms with Crippen LogP contribution in [0.3, 0.4) is 0 Å². The van der Waals surface area contributed by atoms with Crippen molar-refractivity contribution in [1.82, 2.24) is 0 Å². The van der Waals surface area contributed by atoms with Crippen LogP contribution < -0.4 is 0 Å². The van der Waals surface area contributed by atoms with Crippen molar-refractivity contribution in [2.45, 2.75) is 6.92 Å². The van der Waals surface area contributed by atoms with Gasteiger partial charge in [-0.15, -0.1) is 23.0 Å². The molecular formula is C2H6P2S5. The highest BCUT2D eigenvalue weighted by Crippen LogP contribution is 3.04. The van der Waals surface area contributed by atoms with Gasteiger partial charge in [0.05, 0.1) is 11.1 Å². The van der Waals surface area contributed by atoms with Crippen LogP contribution in [0.1, 0.15) is 6.92 Å². The monoisotopic (exact) mass is 252 g/mol. The molecule has 0 nitrogen and oxygen atoms in total. The molecule has 1 heterocycles. The SMILES string of the molecule is CCSP1SP(SS)S1. The molecule has 0 aliphatic carbocycles. The minimum Gasteiger partial charge on any atom is -0.112 e. The molecule has 9 heavy (non-hydrogen) atoms. The van der Waals surface area contributed by atoms with Gasteiger partial charge in [0.2, 0.25) is 0 Å². The maximum atomic E-state index is 4.16. The van der Waals surface area contributed by atoms with E-state index in [0.717, 1.165) is 0 Å². The molecule has 7 heteroatoms. The number of rotatable bonds is 3. The summed E-state index contributed by atoms with van der Waals surface area (Å²) in [6, 6.07) is 0. The zero-order valence-electron chi connectivity index (χ0n) is 4.68. The molecule has 0 N–H and O–H groups in total. The number of hydrogen-bond acceptors (Lipinski definition) is 5. The molecule has 0 atom stereocenters. The van der Waals surface area contributed by atoms with Crippen LogP contribution in [0.25, 0.3) is 0 Å². The highest BCUT2D eigenvalue weighted by molar-refractivity contribution is 9.57. The second-order valence-corrected chi connectivity index (χ2v) is 20.7. The van der Waals surface area contributed by atoms with Gasteiger partial charge in [0.25, 0.3) is 0 Å². The van der Waals surface area contributed by atoms with Crippen molar-refractivity contribution in [1.29, 1.82) is 0 Å². The predicted molar refractivity (Wildman–Crippen MR) is 63.7 cm³/mol. The zero-order chi connectivity index (χ0) is 6.69. The quantitative estimate of drug-likeness (QED) is 0.413. The van der Waals surface area contributed by atoms with Crippen LogP contribution in [0.2, 0.25) is 0 Å². The van der Waals surface area contributed by atoms with Gasteiger partial charge in [-0.05, 0) is 16.2 Å². The highest BCUT2D eigenvalue weighted by Gasteiger charge is 2.31. The molecule has 0 bridgehead atoms. The van der Waals surface area contributed by atoms with Crippen molar-refractivity contribution < 1.29 is 0 Å². The minimum absolute atomic E-state index is 0.176. The zero-order valence-corrected chi connectivity index (χ0v) is 10.6. The summed E-state index contributed by atoms with van der Waals surface area (Å²) >= 11 is 10.5. The fourth-order valence-electron chi connectivity index (χ4n) is 0.297. The van der Waals surface area contributed by atoms with E-state index in [1.54, 1.807) is 10.4 Å². The van der Waals surface area contributed by atoms with Gasteiger partial charge in [-0.25, -0.2) is 0 Å². The van der Waals surface area contributed by atoms with Crippen molar-refractivity contribution in [3.63, 3.8) is 0 Å². The third-order valence-corrected chi connectivity index (χ3v) is 31.0. The van der Waals surface area contributed by atoms with Gasteiger partial charge < -0.3 is 0 Å². The lowest BCUT2D eigenvalue weighted by Crippen LogP contribution is -1.63. The van der Waals surface area contributed by atoms with E-state index in [-0.39, 0.29) is 11.1 Å². The summed E-state index contributed by atoms with van der Waals surface area (Å²) < 4.78 is 0. The van der Waals surface area contributed by atoms with E-state index < -0.39 is 0 Å². The Balaban J connectivity index is 1.98. The van der Waals surface area contributed by atoms with Crippen molar-refractivity contribution in [3.8, 4) is 0 Å². The fourth-order valence-corrected chi connectivity index (χ4v) is 36.5. The van der Waals surface area contributed by atoms with E-state index in [1.807, 2.05) is 0 Å². The molecule has 0 aromatic rings. The van der Waals surface area contributed by atoms with E-state index in [0.29, 0.717) is 0 Å². The molecule has 1 aliphatic rings. The van der Waals surface area contributed by atoms with Gasteiger partial charge in [-0.1, -0.05) is 28.9 Å². The van der Waals surface area contributed by atoms with Crippen LogP contribution >= 0.6 is 66.5 Å². The van der Waals surface area contributed by atoms with Gasteiger partial charge >= 0.3 is 0 Å². The van der Waals surface area contributed by atoms with Gasteiger partial charge in [0.15, 0.2) is 0 Å². The molecule has 0 spiro atoms. The van der Waals surface area contributed by atoms with Crippen molar-refractivity contribution in [2.24, 2.45) is 0 Å². The van der Waals surface area contributed by atoms with Gasteiger partial charge in [0.1, 0.15) is 0 Å². The number of thiol groups is 1. The molecular weight excluding hydrogens is 246 g/mol. The summed E-state index contributed by atoms with van der Waals surface area (Å²) in [6.07, 6.45) is 0. The smallest absolute Gasteiger partial charge is 0.0956 e. The lowest BCUT2D eigenvalue weighted by Gasteiger charge is -2.29. The Morgan fingerprint density at radius 1 is 1.44 bits per heavy atom. The summed E-state index contributed by atoms with van der Waals surface area (Å²) in [6.45, 7) is 2.22. The van der Waals surface area contributed by atoms with Crippen LogP contribution in [0.15, 0.2) is 0 Å². The molecule has 0 unspecified atom stereocenters. The van der Waals surface area contributed by atoms with Gasteiger partial charge in [-0.3, -0.25) is 0 Å². The Kier molecular flexibility index (Phi) is 5.70. The summed E-state index contributed by atoms with van der Waals surface area (Å²) in [4.78, 5) is 0. The molecule has 0 radical (unpaired) electrons. The first-order valence-corrected chi connectivity index (χ1v) is 13.1. The first-order valence-electron chi connectivity index (χ1n) is 2.27. The molecule has 0 aromatic heterocycles. The lowest BCUT2D eigenvalue weighted by atomic mass is 11.0. The van der Waals surface area contributed by atoms with Crippen molar-refractivity contribution >= 4 is 66.5 Å². The van der Waals surface area contributed by atoms with Crippen LogP contribution in [0, 0.1) is 0 Å². The molecule has 0 amide bonds. The third kappa shape index (κ3) is 3.23. The topological polar surface area (TPSA) is 0 Å². The maximum Gasteiger partial charge on any atom is 0.0956 e. The van der Waals surface area contributed by atoms with Gasteiger partial charge in [0, 0.05) is 0 Å². The summed E-state index contributed by atoms with van der Waals surface area (Å²) in [5.41, 5.74) is 0.442. The fraction of sp³-hybridized carbons (Fsp3) is 1.00. The first kappa shape index (κ1) is 9.70. The molecule has 1 aliphatic heterocycles.